The van der Waals surface area contributed by atoms with Gasteiger partial charge in [0.1, 0.15) is 11.6 Å². The number of hydrogen-bond acceptors (Lipinski definition) is 2. The van der Waals surface area contributed by atoms with Crippen molar-refractivity contribution in [2.75, 3.05) is 0 Å². The summed E-state index contributed by atoms with van der Waals surface area (Å²) in [5.41, 5.74) is -0.626. The van der Waals surface area contributed by atoms with E-state index < -0.39 is 17.8 Å². The molecule has 2 rings (SSSR count). The van der Waals surface area contributed by atoms with E-state index in [2.05, 4.69) is 0 Å². The largest absolute Gasteiger partial charge is 0.506 e. The lowest BCUT2D eigenvalue weighted by molar-refractivity contribution is 0.147. The molecular weight excluding hydrogens is 213 g/mol. The van der Waals surface area contributed by atoms with Gasteiger partial charge in [-0.2, -0.15) is 0 Å². The second kappa shape index (κ2) is 3.16. The van der Waals surface area contributed by atoms with E-state index >= 15 is 0 Å². The number of thiophene rings is 1. The minimum absolute atomic E-state index is 0.0697. The van der Waals surface area contributed by atoms with Gasteiger partial charge in [-0.25, -0.2) is 13.2 Å². The summed E-state index contributed by atoms with van der Waals surface area (Å²) in [6.07, 6.45) is -2.83. The number of alkyl halides is 2. The van der Waals surface area contributed by atoms with Gasteiger partial charge in [0.25, 0.3) is 6.43 Å². The molecule has 1 aromatic heterocycles. The number of hydrogen-bond donors (Lipinski definition) is 1. The van der Waals surface area contributed by atoms with Gasteiger partial charge >= 0.3 is 0 Å². The van der Waals surface area contributed by atoms with Gasteiger partial charge in [0.15, 0.2) is 0 Å². The van der Waals surface area contributed by atoms with E-state index in [0.29, 0.717) is 0 Å². The van der Waals surface area contributed by atoms with E-state index in [9.17, 15) is 18.3 Å². The Balaban J connectivity index is 2.76. The summed E-state index contributed by atoms with van der Waals surface area (Å²) in [6, 6.07) is 2.29. The topological polar surface area (TPSA) is 20.2 Å². The van der Waals surface area contributed by atoms with E-state index in [1.54, 1.807) is 0 Å². The van der Waals surface area contributed by atoms with E-state index in [1.165, 1.54) is 11.4 Å². The average molecular weight is 218 g/mol. The molecule has 74 valence electrons. The van der Waals surface area contributed by atoms with E-state index in [0.717, 1.165) is 17.4 Å². The molecule has 0 spiro atoms. The average Bonchev–Trinajstić information content (AvgIpc) is 2.49. The molecule has 0 fully saturated rings. The molecule has 14 heavy (non-hydrogen) atoms. The second-order valence-corrected chi connectivity index (χ2v) is 3.65. The van der Waals surface area contributed by atoms with Gasteiger partial charge < -0.3 is 5.11 Å². The third-order valence-corrected chi connectivity index (χ3v) is 2.90. The van der Waals surface area contributed by atoms with Gasteiger partial charge in [-0.3, -0.25) is 0 Å². The van der Waals surface area contributed by atoms with Gasteiger partial charge in [0.05, 0.1) is 10.3 Å². The Labute approximate surface area is 81.4 Å². The van der Waals surface area contributed by atoms with Crippen molar-refractivity contribution in [2.24, 2.45) is 0 Å². The summed E-state index contributed by atoms with van der Waals surface area (Å²) >= 11 is 0.914. The van der Waals surface area contributed by atoms with Crippen LogP contribution < -0.4 is 0 Å². The lowest BCUT2D eigenvalue weighted by Gasteiger charge is -2.01. The smallest absolute Gasteiger partial charge is 0.266 e. The van der Waals surface area contributed by atoms with Crippen molar-refractivity contribution >= 4 is 21.4 Å². The molecule has 0 amide bonds. The van der Waals surface area contributed by atoms with Crippen LogP contribution in [0, 0.1) is 5.82 Å². The molecule has 2 aromatic rings. The van der Waals surface area contributed by atoms with Crippen LogP contribution in [-0.4, -0.2) is 5.11 Å². The van der Waals surface area contributed by atoms with Crippen molar-refractivity contribution < 1.29 is 18.3 Å². The Hall–Kier alpha value is -1.23. The van der Waals surface area contributed by atoms with Gasteiger partial charge in [0.2, 0.25) is 0 Å². The number of fused-ring (bicyclic) bond motifs is 1. The third-order valence-electron chi connectivity index (χ3n) is 1.93. The summed E-state index contributed by atoms with van der Waals surface area (Å²) in [7, 11) is 0. The van der Waals surface area contributed by atoms with Crippen molar-refractivity contribution in [2.45, 2.75) is 6.43 Å². The molecule has 1 heterocycles. The molecule has 0 aliphatic rings. The quantitative estimate of drug-likeness (QED) is 0.774. The maximum atomic E-state index is 13.4. The first-order valence-electron chi connectivity index (χ1n) is 3.78. The molecule has 0 aliphatic carbocycles. The zero-order chi connectivity index (χ0) is 10.3. The third kappa shape index (κ3) is 1.24. The maximum absolute atomic E-state index is 13.4. The highest BCUT2D eigenvalue weighted by Crippen LogP contribution is 2.36. The first kappa shape index (κ1) is 9.33. The summed E-state index contributed by atoms with van der Waals surface area (Å²) < 4.78 is 38.0. The molecule has 5 heteroatoms. The van der Waals surface area contributed by atoms with E-state index in [1.807, 2.05) is 0 Å². The van der Waals surface area contributed by atoms with Crippen molar-refractivity contribution in [3.63, 3.8) is 0 Å². The fourth-order valence-electron chi connectivity index (χ4n) is 1.23. The maximum Gasteiger partial charge on any atom is 0.266 e. The standard InChI is InChI=1S/C9H5F3OS/c10-7-5(9(11)12)2-1-4-6(13)3-14-8(4)7/h1-3,9,13H. The van der Waals surface area contributed by atoms with Gasteiger partial charge in [-0.15, -0.1) is 11.3 Å². The fraction of sp³-hybridized carbons (Fsp3) is 0.111. The van der Waals surface area contributed by atoms with E-state index in [4.69, 9.17) is 0 Å². The van der Waals surface area contributed by atoms with Gasteiger partial charge in [-0.05, 0) is 12.1 Å². The molecule has 1 aromatic carbocycles. The molecule has 0 aliphatic heterocycles. The number of halogens is 3. The molecule has 0 unspecified atom stereocenters. The van der Waals surface area contributed by atoms with Crippen LogP contribution in [0.15, 0.2) is 17.5 Å². The highest BCUT2D eigenvalue weighted by Gasteiger charge is 2.17. The van der Waals surface area contributed by atoms with Crippen LogP contribution in [0.5, 0.6) is 5.75 Å². The summed E-state index contributed by atoms with van der Waals surface area (Å²) in [5, 5.41) is 10.8. The summed E-state index contributed by atoms with van der Waals surface area (Å²) in [5.74, 6) is -1.02. The van der Waals surface area contributed by atoms with Gasteiger partial charge in [-0.1, -0.05) is 0 Å². The number of aromatic hydroxyl groups is 1. The van der Waals surface area contributed by atoms with Crippen LogP contribution in [0.3, 0.4) is 0 Å². The Morgan fingerprint density at radius 3 is 2.64 bits per heavy atom. The Morgan fingerprint density at radius 1 is 1.29 bits per heavy atom. The minimum Gasteiger partial charge on any atom is -0.506 e. The molecule has 0 atom stereocenters. The molecule has 0 radical (unpaired) electrons. The second-order valence-electron chi connectivity index (χ2n) is 2.77. The predicted molar refractivity (Wildman–Crippen MR) is 48.4 cm³/mol. The SMILES string of the molecule is Oc1csc2c(F)c(C(F)F)ccc12. The summed E-state index contributed by atoms with van der Waals surface area (Å²) in [4.78, 5) is 0. The molecule has 1 N–H and O–H groups in total. The monoisotopic (exact) mass is 218 g/mol. The minimum atomic E-state index is -2.83. The van der Waals surface area contributed by atoms with Crippen molar-refractivity contribution in [1.82, 2.24) is 0 Å². The van der Waals surface area contributed by atoms with Crippen LogP contribution in [0.2, 0.25) is 0 Å². The van der Waals surface area contributed by atoms with Gasteiger partial charge in [0, 0.05) is 10.8 Å². The van der Waals surface area contributed by atoms with E-state index in [-0.39, 0.29) is 15.8 Å². The lowest BCUT2D eigenvalue weighted by Crippen LogP contribution is -1.89. The first-order chi connectivity index (χ1) is 6.61. The molecule has 1 nitrogen and oxygen atoms in total. The normalized spacial score (nSPS) is 11.4. The lowest BCUT2D eigenvalue weighted by atomic mass is 10.1. The Morgan fingerprint density at radius 2 is 2.00 bits per heavy atom. The zero-order valence-electron chi connectivity index (χ0n) is 6.80. The first-order valence-corrected chi connectivity index (χ1v) is 4.66. The number of rotatable bonds is 1. The van der Waals surface area contributed by atoms with Crippen molar-refractivity contribution in [1.29, 1.82) is 0 Å². The van der Waals surface area contributed by atoms with Crippen LogP contribution in [-0.2, 0) is 0 Å². The Bertz CT molecular complexity index is 478. The molecular formula is C9H5F3OS. The summed E-state index contributed by atoms with van der Waals surface area (Å²) in [6.45, 7) is 0. The highest BCUT2D eigenvalue weighted by molar-refractivity contribution is 7.17. The number of benzene rings is 1. The van der Waals surface area contributed by atoms with Crippen molar-refractivity contribution in [3.8, 4) is 5.75 Å². The Kier molecular flexibility index (Phi) is 2.11. The molecule has 0 bridgehead atoms. The van der Waals surface area contributed by atoms with Crippen LogP contribution in [0.25, 0.3) is 10.1 Å². The van der Waals surface area contributed by atoms with Crippen LogP contribution in [0.4, 0.5) is 13.2 Å². The fourth-order valence-corrected chi connectivity index (χ4v) is 2.11. The van der Waals surface area contributed by atoms with Crippen LogP contribution in [0.1, 0.15) is 12.0 Å². The highest BCUT2D eigenvalue weighted by atomic mass is 32.1. The van der Waals surface area contributed by atoms with Crippen molar-refractivity contribution in [3.05, 3.63) is 28.9 Å². The predicted octanol–water partition coefficient (Wildman–Crippen LogP) is 3.68. The van der Waals surface area contributed by atoms with Crippen LogP contribution >= 0.6 is 11.3 Å². The molecule has 0 saturated carbocycles. The zero-order valence-corrected chi connectivity index (χ0v) is 7.62. The molecule has 0 saturated heterocycles.